The number of amides is 2. The molecule has 1 aromatic heterocycles. The van der Waals surface area contributed by atoms with E-state index in [2.05, 4.69) is 11.0 Å². The van der Waals surface area contributed by atoms with Crippen LogP contribution in [0.3, 0.4) is 0 Å². The topological polar surface area (TPSA) is 75.9 Å². The second-order valence-electron chi connectivity index (χ2n) is 7.62. The summed E-state index contributed by atoms with van der Waals surface area (Å²) in [4.78, 5) is 30.1. The van der Waals surface area contributed by atoms with Crippen LogP contribution in [0.15, 0.2) is 60.7 Å². The standard InChI is InChI=1S/C24H24ClN3O3S/c25-22-9-8-19(32-22)15-27-10-12-28(13-11-27)24(30)18-5-3-4-17(14-18)16-31-21-7-2-1-6-20(21)23(26)29/h1-9,14H,10-13,15-16H2,(H2,26,29). The van der Waals surface area contributed by atoms with Gasteiger partial charge >= 0.3 is 0 Å². The molecule has 4 rings (SSSR count). The molecule has 0 atom stereocenters. The van der Waals surface area contributed by atoms with Gasteiger partial charge in [0.25, 0.3) is 11.8 Å². The average Bonchev–Trinajstić information content (AvgIpc) is 3.22. The van der Waals surface area contributed by atoms with Crippen LogP contribution < -0.4 is 10.5 Å². The number of carbonyl (C=O) groups excluding carboxylic acids is 2. The number of nitrogens with zero attached hydrogens (tertiary/aromatic N) is 2. The van der Waals surface area contributed by atoms with Crippen molar-refractivity contribution >= 4 is 34.8 Å². The van der Waals surface area contributed by atoms with Crippen molar-refractivity contribution in [2.75, 3.05) is 26.2 Å². The summed E-state index contributed by atoms with van der Waals surface area (Å²) >= 11 is 7.62. The zero-order valence-electron chi connectivity index (χ0n) is 17.5. The van der Waals surface area contributed by atoms with E-state index in [4.69, 9.17) is 22.1 Å². The molecule has 8 heteroatoms. The van der Waals surface area contributed by atoms with Gasteiger partial charge in [0.15, 0.2) is 0 Å². The van der Waals surface area contributed by atoms with Gasteiger partial charge in [-0.2, -0.15) is 0 Å². The summed E-state index contributed by atoms with van der Waals surface area (Å²) in [6, 6.07) is 18.2. The molecule has 2 aromatic carbocycles. The molecule has 2 N–H and O–H groups in total. The van der Waals surface area contributed by atoms with Gasteiger partial charge in [-0.3, -0.25) is 14.5 Å². The maximum atomic E-state index is 13.0. The zero-order chi connectivity index (χ0) is 22.5. The highest BCUT2D eigenvalue weighted by atomic mass is 35.5. The molecule has 6 nitrogen and oxygen atoms in total. The summed E-state index contributed by atoms with van der Waals surface area (Å²) in [7, 11) is 0. The van der Waals surface area contributed by atoms with Gasteiger partial charge in [0, 0.05) is 43.2 Å². The Morgan fingerprint density at radius 2 is 1.78 bits per heavy atom. The lowest BCUT2D eigenvalue weighted by atomic mass is 10.1. The summed E-state index contributed by atoms with van der Waals surface area (Å²) in [5.74, 6) is -0.0890. The summed E-state index contributed by atoms with van der Waals surface area (Å²) in [5, 5.41) is 0. The molecule has 166 valence electrons. The van der Waals surface area contributed by atoms with Gasteiger partial charge in [0.2, 0.25) is 0 Å². The predicted octanol–water partition coefficient (Wildman–Crippen LogP) is 4.04. The Balaban J connectivity index is 1.34. The van der Waals surface area contributed by atoms with Gasteiger partial charge < -0.3 is 15.4 Å². The quantitative estimate of drug-likeness (QED) is 0.566. The fourth-order valence-corrected chi connectivity index (χ4v) is 4.83. The van der Waals surface area contributed by atoms with Crippen LogP contribution in [0.4, 0.5) is 0 Å². The van der Waals surface area contributed by atoms with Gasteiger partial charge in [-0.05, 0) is 42.0 Å². The molecule has 0 bridgehead atoms. The van der Waals surface area contributed by atoms with Crippen molar-refractivity contribution in [3.63, 3.8) is 0 Å². The normalized spacial score (nSPS) is 14.3. The van der Waals surface area contributed by atoms with Crippen molar-refractivity contribution < 1.29 is 14.3 Å². The van der Waals surface area contributed by atoms with Crippen LogP contribution >= 0.6 is 22.9 Å². The summed E-state index contributed by atoms with van der Waals surface area (Å²) < 4.78 is 6.60. The molecule has 0 spiro atoms. The molecule has 2 amide bonds. The van der Waals surface area contributed by atoms with Crippen molar-refractivity contribution in [2.45, 2.75) is 13.2 Å². The van der Waals surface area contributed by atoms with Gasteiger partial charge in [-0.15, -0.1) is 11.3 Å². The fourth-order valence-electron chi connectivity index (χ4n) is 3.70. The zero-order valence-corrected chi connectivity index (χ0v) is 19.1. The third-order valence-electron chi connectivity index (χ3n) is 5.39. The molecule has 0 saturated carbocycles. The molecule has 1 fully saturated rings. The number of hydrogen-bond donors (Lipinski definition) is 1. The Morgan fingerprint density at radius 1 is 1.00 bits per heavy atom. The fraction of sp³-hybridized carbons (Fsp3) is 0.250. The number of hydrogen-bond acceptors (Lipinski definition) is 5. The van der Waals surface area contributed by atoms with E-state index in [0.717, 1.165) is 29.5 Å². The van der Waals surface area contributed by atoms with E-state index in [-0.39, 0.29) is 12.5 Å². The van der Waals surface area contributed by atoms with Crippen molar-refractivity contribution in [2.24, 2.45) is 5.73 Å². The lowest BCUT2D eigenvalue weighted by Gasteiger charge is -2.34. The van der Waals surface area contributed by atoms with Crippen LogP contribution in [0.2, 0.25) is 4.34 Å². The summed E-state index contributed by atoms with van der Waals surface area (Å²) in [6.45, 7) is 4.12. The molecule has 0 aliphatic carbocycles. The van der Waals surface area contributed by atoms with Gasteiger partial charge in [0.05, 0.1) is 9.90 Å². The Morgan fingerprint density at radius 3 is 2.50 bits per heavy atom. The monoisotopic (exact) mass is 469 g/mol. The highest BCUT2D eigenvalue weighted by Gasteiger charge is 2.22. The van der Waals surface area contributed by atoms with Crippen LogP contribution in [-0.2, 0) is 13.2 Å². The minimum absolute atomic E-state index is 0.0169. The molecule has 0 unspecified atom stereocenters. The minimum Gasteiger partial charge on any atom is -0.488 e. The van der Waals surface area contributed by atoms with Crippen LogP contribution in [0.1, 0.15) is 31.2 Å². The molecule has 1 saturated heterocycles. The van der Waals surface area contributed by atoms with Gasteiger partial charge in [-0.1, -0.05) is 35.9 Å². The number of thiophene rings is 1. The predicted molar refractivity (Wildman–Crippen MR) is 126 cm³/mol. The van der Waals surface area contributed by atoms with Gasteiger partial charge in [-0.25, -0.2) is 0 Å². The average molecular weight is 470 g/mol. The summed E-state index contributed by atoms with van der Waals surface area (Å²) in [6.07, 6.45) is 0. The first-order chi connectivity index (χ1) is 15.5. The van der Waals surface area contributed by atoms with E-state index >= 15 is 0 Å². The van der Waals surface area contributed by atoms with Crippen molar-refractivity contribution in [3.05, 3.63) is 86.6 Å². The molecule has 0 radical (unpaired) electrons. The number of ether oxygens (including phenoxy) is 1. The Kier molecular flexibility index (Phi) is 7.09. The molecule has 1 aliphatic rings. The second-order valence-corrected chi connectivity index (χ2v) is 9.42. The maximum Gasteiger partial charge on any atom is 0.253 e. The number of nitrogens with two attached hydrogens (primary N) is 1. The molecule has 2 heterocycles. The van der Waals surface area contributed by atoms with Crippen molar-refractivity contribution in [1.82, 2.24) is 9.80 Å². The first kappa shape index (κ1) is 22.3. The van der Waals surface area contributed by atoms with Crippen LogP contribution in [0, 0.1) is 0 Å². The van der Waals surface area contributed by atoms with E-state index in [1.54, 1.807) is 35.6 Å². The van der Waals surface area contributed by atoms with Crippen LogP contribution in [0.5, 0.6) is 5.75 Å². The summed E-state index contributed by atoms with van der Waals surface area (Å²) in [5.41, 5.74) is 7.22. The second kappa shape index (κ2) is 10.2. The van der Waals surface area contributed by atoms with Crippen molar-refractivity contribution in [1.29, 1.82) is 0 Å². The highest BCUT2D eigenvalue weighted by Crippen LogP contribution is 2.23. The number of piperazine rings is 1. The lowest BCUT2D eigenvalue weighted by Crippen LogP contribution is -2.48. The highest BCUT2D eigenvalue weighted by molar-refractivity contribution is 7.16. The number of primary amides is 1. The molecule has 1 aliphatic heterocycles. The lowest BCUT2D eigenvalue weighted by molar-refractivity contribution is 0.0629. The van der Waals surface area contributed by atoms with E-state index in [1.807, 2.05) is 35.2 Å². The van der Waals surface area contributed by atoms with Crippen LogP contribution in [0.25, 0.3) is 0 Å². The van der Waals surface area contributed by atoms with Gasteiger partial charge in [0.1, 0.15) is 12.4 Å². The third kappa shape index (κ3) is 5.48. The number of halogens is 1. The molecular weight excluding hydrogens is 446 g/mol. The number of rotatable bonds is 7. The smallest absolute Gasteiger partial charge is 0.253 e. The third-order valence-corrected chi connectivity index (χ3v) is 6.60. The first-order valence-electron chi connectivity index (χ1n) is 10.4. The number of benzene rings is 2. The van der Waals surface area contributed by atoms with E-state index in [9.17, 15) is 9.59 Å². The van der Waals surface area contributed by atoms with Crippen molar-refractivity contribution in [3.8, 4) is 5.75 Å². The Labute approximate surface area is 196 Å². The number of carbonyl (C=O) groups is 2. The number of para-hydroxylation sites is 1. The maximum absolute atomic E-state index is 13.0. The SMILES string of the molecule is NC(=O)c1ccccc1OCc1cccc(C(=O)N2CCN(Cc3ccc(Cl)s3)CC2)c1. The first-order valence-corrected chi connectivity index (χ1v) is 11.6. The Bertz CT molecular complexity index is 1110. The molecular formula is C24H24ClN3O3S. The largest absolute Gasteiger partial charge is 0.488 e. The van der Waals surface area contributed by atoms with Crippen LogP contribution in [-0.4, -0.2) is 47.8 Å². The molecule has 32 heavy (non-hydrogen) atoms. The Hall–Kier alpha value is -2.87. The van der Waals surface area contributed by atoms with E-state index in [1.165, 1.54) is 4.88 Å². The van der Waals surface area contributed by atoms with E-state index < -0.39 is 5.91 Å². The molecule has 3 aromatic rings. The van der Waals surface area contributed by atoms with E-state index in [0.29, 0.717) is 30.0 Å². The minimum atomic E-state index is -0.536.